The van der Waals surface area contributed by atoms with E-state index >= 15 is 0 Å². The van der Waals surface area contributed by atoms with Crippen molar-refractivity contribution in [1.29, 1.82) is 0 Å². The number of hydrogen-bond donors (Lipinski definition) is 0. The Balaban J connectivity index is 1.47. The van der Waals surface area contributed by atoms with Crippen molar-refractivity contribution in [1.82, 2.24) is 23.9 Å². The molecule has 0 fully saturated rings. The monoisotopic (exact) mass is 523 g/mol. The van der Waals surface area contributed by atoms with E-state index in [1.165, 1.54) is 49.4 Å². The lowest BCUT2D eigenvalue weighted by Crippen LogP contribution is -1.95. The summed E-state index contributed by atoms with van der Waals surface area (Å²) in [5.41, 5.74) is 12.7. The Morgan fingerprint density at radius 2 is 1.49 bits per heavy atom. The van der Waals surface area contributed by atoms with Crippen LogP contribution in [0.25, 0.3) is 77.1 Å². The first kappa shape index (κ1) is 21.3. The summed E-state index contributed by atoms with van der Waals surface area (Å²) in [6.07, 6.45) is 6.65. The van der Waals surface area contributed by atoms with E-state index < -0.39 is 0 Å². The Morgan fingerprint density at radius 3 is 2.44 bits per heavy atom. The van der Waals surface area contributed by atoms with Crippen LogP contribution in [0.5, 0.6) is 0 Å². The van der Waals surface area contributed by atoms with Gasteiger partial charge in [-0.25, -0.2) is 9.97 Å². The highest BCUT2D eigenvalue weighted by Gasteiger charge is 2.24. The number of aromatic nitrogens is 5. The van der Waals surface area contributed by atoms with Gasteiger partial charge in [0.25, 0.3) is 0 Å². The normalized spacial score (nSPS) is 12.8. The molecule has 0 aliphatic heterocycles. The van der Waals surface area contributed by atoms with E-state index in [4.69, 9.17) is 9.97 Å². The smallest absolute Gasteiger partial charge is 0.164 e. The van der Waals surface area contributed by atoms with Gasteiger partial charge in [0.05, 0.1) is 16.6 Å². The zero-order valence-electron chi connectivity index (χ0n) is 21.9. The maximum absolute atomic E-state index is 5.10. The number of nitrogens with zero attached hydrogens (tertiary/aromatic N) is 5. The minimum Gasteiger partial charge on any atom is -0.309 e. The zero-order chi connectivity index (χ0) is 26.7. The highest BCUT2D eigenvalue weighted by Crippen LogP contribution is 2.45. The molecule has 190 valence electrons. The molecule has 41 heavy (non-hydrogen) atoms. The van der Waals surface area contributed by atoms with Crippen LogP contribution in [0.4, 0.5) is 0 Å². The SMILES string of the molecule is c1ccc(-n2c3cc4c(cc3c3c5c6cnccc6n6c7ncccc7nc6c5ccc32)Cc2ccccc2-4)cc1. The molecule has 9 aromatic rings. The highest BCUT2D eigenvalue weighted by molar-refractivity contribution is 6.30. The summed E-state index contributed by atoms with van der Waals surface area (Å²) in [5.74, 6) is 0. The molecule has 1 aliphatic rings. The molecule has 0 N–H and O–H groups in total. The molecule has 4 aromatic carbocycles. The van der Waals surface area contributed by atoms with Crippen LogP contribution in [0.2, 0.25) is 0 Å². The molecule has 0 saturated heterocycles. The number of para-hydroxylation sites is 1. The Kier molecular flexibility index (Phi) is 3.92. The second-order valence-corrected chi connectivity index (χ2v) is 10.9. The van der Waals surface area contributed by atoms with Crippen molar-refractivity contribution in [3.63, 3.8) is 0 Å². The Hall–Kier alpha value is -5.55. The van der Waals surface area contributed by atoms with Crippen molar-refractivity contribution in [2.75, 3.05) is 0 Å². The minimum absolute atomic E-state index is 0.864. The standard InChI is InChI=1S/C36H21N5/c1-2-8-23(9-3-1)40-31-13-12-25-33(28-20-37-16-14-30(28)41-35(25)39-29-11-6-15-38-36(29)41)34(31)27-18-22-17-21-7-4-5-10-24(21)26(22)19-32(27)40/h1-16,18-20H,17H2. The van der Waals surface area contributed by atoms with E-state index in [0.717, 1.165) is 45.2 Å². The molecule has 0 saturated carbocycles. The number of benzene rings is 4. The van der Waals surface area contributed by atoms with Crippen molar-refractivity contribution < 1.29 is 0 Å². The second-order valence-electron chi connectivity index (χ2n) is 10.9. The first-order valence-corrected chi connectivity index (χ1v) is 13.9. The molecule has 0 amide bonds. The molecule has 5 heteroatoms. The van der Waals surface area contributed by atoms with Crippen LogP contribution in [0.1, 0.15) is 11.1 Å². The molecule has 5 heterocycles. The molecule has 0 radical (unpaired) electrons. The van der Waals surface area contributed by atoms with Gasteiger partial charge in [-0.15, -0.1) is 0 Å². The number of imidazole rings is 1. The molecule has 1 aliphatic carbocycles. The lowest BCUT2D eigenvalue weighted by atomic mass is 9.98. The summed E-state index contributed by atoms with van der Waals surface area (Å²) < 4.78 is 4.60. The van der Waals surface area contributed by atoms with Gasteiger partial charge in [-0.2, -0.15) is 0 Å². The lowest BCUT2D eigenvalue weighted by Gasteiger charge is -2.11. The van der Waals surface area contributed by atoms with Crippen LogP contribution in [0.3, 0.4) is 0 Å². The van der Waals surface area contributed by atoms with Crippen LogP contribution in [0.15, 0.2) is 116 Å². The number of rotatable bonds is 1. The van der Waals surface area contributed by atoms with Crippen LogP contribution >= 0.6 is 0 Å². The minimum atomic E-state index is 0.864. The fraction of sp³-hybridized carbons (Fsp3) is 0.0278. The highest BCUT2D eigenvalue weighted by atomic mass is 15.1. The van der Waals surface area contributed by atoms with E-state index in [1.807, 2.05) is 30.7 Å². The van der Waals surface area contributed by atoms with Gasteiger partial charge in [-0.05, 0) is 83.3 Å². The van der Waals surface area contributed by atoms with Crippen molar-refractivity contribution in [3.8, 4) is 16.8 Å². The van der Waals surface area contributed by atoms with Crippen molar-refractivity contribution in [2.24, 2.45) is 0 Å². The fourth-order valence-electron chi connectivity index (χ4n) is 7.16. The van der Waals surface area contributed by atoms with Crippen molar-refractivity contribution in [2.45, 2.75) is 6.42 Å². The summed E-state index contributed by atoms with van der Waals surface area (Å²) in [5, 5.41) is 5.88. The zero-order valence-corrected chi connectivity index (χ0v) is 21.9. The van der Waals surface area contributed by atoms with E-state index in [0.29, 0.717) is 0 Å². The summed E-state index contributed by atoms with van der Waals surface area (Å²) in [6, 6.07) is 34.9. The third-order valence-corrected chi connectivity index (χ3v) is 8.82. The van der Waals surface area contributed by atoms with Gasteiger partial charge in [0.1, 0.15) is 11.2 Å². The maximum atomic E-state index is 5.10. The number of hydrogen-bond acceptors (Lipinski definition) is 3. The topological polar surface area (TPSA) is 48.0 Å². The molecule has 0 unspecified atom stereocenters. The predicted molar refractivity (Wildman–Crippen MR) is 166 cm³/mol. The summed E-state index contributed by atoms with van der Waals surface area (Å²) >= 11 is 0. The number of fused-ring (bicyclic) bond motifs is 15. The average molecular weight is 524 g/mol. The van der Waals surface area contributed by atoms with Crippen molar-refractivity contribution in [3.05, 3.63) is 127 Å². The first-order chi connectivity index (χ1) is 20.3. The fourth-order valence-corrected chi connectivity index (χ4v) is 7.16. The Bertz CT molecular complexity index is 2550. The summed E-state index contributed by atoms with van der Waals surface area (Å²) in [6.45, 7) is 0. The Morgan fingerprint density at radius 1 is 0.585 bits per heavy atom. The molecule has 5 aromatic heterocycles. The van der Waals surface area contributed by atoms with Gasteiger partial charge in [0.2, 0.25) is 0 Å². The quantitative estimate of drug-likeness (QED) is 0.204. The van der Waals surface area contributed by atoms with Gasteiger partial charge < -0.3 is 4.57 Å². The predicted octanol–water partition coefficient (Wildman–Crippen LogP) is 8.25. The van der Waals surface area contributed by atoms with E-state index in [9.17, 15) is 0 Å². The second kappa shape index (κ2) is 7.55. The third kappa shape index (κ3) is 2.68. The molecular weight excluding hydrogens is 502 g/mol. The summed E-state index contributed by atoms with van der Waals surface area (Å²) in [4.78, 5) is 14.4. The van der Waals surface area contributed by atoms with Crippen LogP contribution in [0, 0.1) is 0 Å². The molecule has 10 rings (SSSR count). The maximum Gasteiger partial charge on any atom is 0.164 e. The number of pyridine rings is 3. The van der Waals surface area contributed by atoms with Crippen LogP contribution < -0.4 is 0 Å². The van der Waals surface area contributed by atoms with Crippen LogP contribution in [-0.2, 0) is 6.42 Å². The molecule has 5 nitrogen and oxygen atoms in total. The van der Waals surface area contributed by atoms with Gasteiger partial charge in [-0.1, -0.05) is 42.5 Å². The van der Waals surface area contributed by atoms with Gasteiger partial charge in [0, 0.05) is 51.2 Å². The summed E-state index contributed by atoms with van der Waals surface area (Å²) in [7, 11) is 0. The lowest BCUT2D eigenvalue weighted by molar-refractivity contribution is 1.18. The molecule has 0 bridgehead atoms. The third-order valence-electron chi connectivity index (χ3n) is 8.82. The van der Waals surface area contributed by atoms with Gasteiger partial charge in [-0.3, -0.25) is 9.38 Å². The van der Waals surface area contributed by atoms with Crippen molar-refractivity contribution >= 4 is 60.3 Å². The largest absolute Gasteiger partial charge is 0.309 e. The van der Waals surface area contributed by atoms with E-state index in [2.05, 4.69) is 98.9 Å². The first-order valence-electron chi connectivity index (χ1n) is 13.9. The van der Waals surface area contributed by atoms with Gasteiger partial charge in [0.15, 0.2) is 5.65 Å². The molecular formula is C36H21N5. The molecule has 0 atom stereocenters. The molecule has 0 spiro atoms. The van der Waals surface area contributed by atoms with Crippen LogP contribution in [-0.4, -0.2) is 23.9 Å². The average Bonchev–Trinajstić information content (AvgIpc) is 3.69. The van der Waals surface area contributed by atoms with Gasteiger partial charge >= 0.3 is 0 Å². The van der Waals surface area contributed by atoms with E-state index in [1.54, 1.807) is 0 Å². The Labute approximate surface area is 234 Å². The van der Waals surface area contributed by atoms with E-state index in [-0.39, 0.29) is 0 Å².